The van der Waals surface area contributed by atoms with E-state index in [4.69, 9.17) is 11.1 Å². The summed E-state index contributed by atoms with van der Waals surface area (Å²) in [6.45, 7) is 3.42. The fraction of sp³-hybridized carbons (Fsp3) is 0.133. The van der Waals surface area contributed by atoms with Crippen LogP contribution < -0.4 is 5.73 Å². The molecule has 1 aromatic heterocycles. The zero-order valence-electron chi connectivity index (χ0n) is 10.9. The number of fused-ring (bicyclic) bond motifs is 1. The average molecular weight is 253 g/mol. The molecule has 0 aliphatic rings. The van der Waals surface area contributed by atoms with Gasteiger partial charge in [0.05, 0.1) is 5.52 Å². The van der Waals surface area contributed by atoms with Crippen LogP contribution in [0.25, 0.3) is 16.5 Å². The van der Waals surface area contributed by atoms with Crippen LogP contribution in [-0.2, 0) is 0 Å². The summed E-state index contributed by atoms with van der Waals surface area (Å²) in [4.78, 5) is 15.9. The zero-order chi connectivity index (χ0) is 14.0. The van der Waals surface area contributed by atoms with Gasteiger partial charge in [0.15, 0.2) is 5.78 Å². The highest BCUT2D eigenvalue weighted by Gasteiger charge is 2.09. The van der Waals surface area contributed by atoms with E-state index >= 15 is 0 Å². The number of rotatable bonds is 3. The largest absolute Gasteiger partial charge is 0.404 e. The minimum atomic E-state index is 0.00144. The second kappa shape index (κ2) is 5.02. The van der Waals surface area contributed by atoms with Crippen LogP contribution >= 0.6 is 0 Å². The van der Waals surface area contributed by atoms with Crippen LogP contribution in [0, 0.1) is 12.3 Å². The summed E-state index contributed by atoms with van der Waals surface area (Å²) >= 11 is 0. The summed E-state index contributed by atoms with van der Waals surface area (Å²) in [7, 11) is 0. The molecule has 4 heteroatoms. The molecule has 0 saturated carbocycles. The average Bonchev–Trinajstić information content (AvgIpc) is 2.39. The normalized spacial score (nSPS) is 11.6. The molecule has 2 rings (SSSR count). The topological polar surface area (TPSA) is 79.8 Å². The first-order chi connectivity index (χ1) is 9.06. The summed E-state index contributed by atoms with van der Waals surface area (Å²) < 4.78 is 0. The van der Waals surface area contributed by atoms with E-state index in [-0.39, 0.29) is 5.78 Å². The van der Waals surface area contributed by atoms with Crippen molar-refractivity contribution in [1.29, 1.82) is 5.41 Å². The van der Waals surface area contributed by atoms with Crippen LogP contribution in [0.2, 0.25) is 0 Å². The Hall–Kier alpha value is -2.49. The highest BCUT2D eigenvalue weighted by Crippen LogP contribution is 2.25. The maximum Gasteiger partial charge on any atom is 0.159 e. The molecule has 0 aliphatic heterocycles. The van der Waals surface area contributed by atoms with E-state index in [2.05, 4.69) is 4.98 Å². The Morgan fingerprint density at radius 2 is 2.11 bits per heavy atom. The Kier molecular flexibility index (Phi) is 3.42. The molecule has 0 atom stereocenters. The van der Waals surface area contributed by atoms with Gasteiger partial charge >= 0.3 is 0 Å². The number of benzene rings is 1. The van der Waals surface area contributed by atoms with Crippen molar-refractivity contribution in [3.05, 3.63) is 47.3 Å². The molecule has 1 heterocycles. The van der Waals surface area contributed by atoms with Gasteiger partial charge in [-0.3, -0.25) is 9.78 Å². The Balaban J connectivity index is 2.83. The number of nitrogens with two attached hydrogens (primary N) is 1. The second-order valence-electron chi connectivity index (χ2n) is 4.37. The number of aromatic nitrogens is 1. The van der Waals surface area contributed by atoms with Gasteiger partial charge in [-0.1, -0.05) is 0 Å². The zero-order valence-corrected chi connectivity index (χ0v) is 10.9. The molecular weight excluding hydrogens is 238 g/mol. The van der Waals surface area contributed by atoms with Gasteiger partial charge < -0.3 is 11.1 Å². The van der Waals surface area contributed by atoms with Gasteiger partial charge in [-0.05, 0) is 43.7 Å². The first kappa shape index (κ1) is 13.0. The van der Waals surface area contributed by atoms with Crippen LogP contribution in [0.5, 0.6) is 0 Å². The Bertz CT molecular complexity index is 702. The third-order valence-corrected chi connectivity index (χ3v) is 2.99. The lowest BCUT2D eigenvalue weighted by atomic mass is 9.99. The van der Waals surface area contributed by atoms with E-state index in [1.54, 1.807) is 12.1 Å². The van der Waals surface area contributed by atoms with E-state index in [1.165, 1.54) is 19.3 Å². The molecular formula is C15H15N3O. The van der Waals surface area contributed by atoms with E-state index in [0.717, 1.165) is 22.2 Å². The van der Waals surface area contributed by atoms with Gasteiger partial charge in [0.1, 0.15) is 0 Å². The number of pyridine rings is 1. The number of nitrogens with one attached hydrogen (secondary N) is 1. The Labute approximate surface area is 111 Å². The smallest absolute Gasteiger partial charge is 0.159 e. The number of Topliss-reactive ketones (excluding diaryl/α,β-unsaturated/α-hetero) is 1. The van der Waals surface area contributed by atoms with Crippen molar-refractivity contribution in [2.75, 3.05) is 0 Å². The van der Waals surface area contributed by atoms with Crippen molar-refractivity contribution >= 4 is 28.5 Å². The monoisotopic (exact) mass is 253 g/mol. The fourth-order valence-corrected chi connectivity index (χ4v) is 2.03. The maximum absolute atomic E-state index is 11.5. The minimum absolute atomic E-state index is 0.00144. The Morgan fingerprint density at radius 3 is 2.68 bits per heavy atom. The van der Waals surface area contributed by atoms with E-state index in [9.17, 15) is 4.79 Å². The fourth-order valence-electron chi connectivity index (χ4n) is 2.03. The minimum Gasteiger partial charge on any atom is -0.404 e. The molecule has 0 amide bonds. The SMILES string of the molecule is CC(=O)c1ccc2nc(C)cc(/C(C=N)=C/N)c2c1. The molecule has 0 fully saturated rings. The molecule has 0 radical (unpaired) electrons. The molecule has 2 aromatic rings. The predicted molar refractivity (Wildman–Crippen MR) is 77.4 cm³/mol. The third kappa shape index (κ3) is 2.38. The van der Waals surface area contributed by atoms with Crippen LogP contribution in [0.3, 0.4) is 0 Å². The van der Waals surface area contributed by atoms with Gasteiger partial charge in [-0.25, -0.2) is 0 Å². The Morgan fingerprint density at radius 1 is 1.37 bits per heavy atom. The highest BCUT2D eigenvalue weighted by atomic mass is 16.1. The van der Waals surface area contributed by atoms with Crippen LogP contribution in [-0.4, -0.2) is 17.0 Å². The van der Waals surface area contributed by atoms with Crippen LogP contribution in [0.4, 0.5) is 0 Å². The third-order valence-electron chi connectivity index (χ3n) is 2.99. The molecule has 0 spiro atoms. The predicted octanol–water partition coefficient (Wildman–Crippen LogP) is 2.69. The van der Waals surface area contributed by atoms with Gasteiger partial charge in [0, 0.05) is 34.6 Å². The van der Waals surface area contributed by atoms with E-state index in [1.807, 2.05) is 19.1 Å². The number of hydrogen-bond donors (Lipinski definition) is 2. The molecule has 0 saturated heterocycles. The molecule has 0 aliphatic carbocycles. The quantitative estimate of drug-likeness (QED) is 0.652. The number of nitrogens with zero attached hydrogens (tertiary/aromatic N) is 1. The van der Waals surface area contributed by atoms with Crippen molar-refractivity contribution in [2.45, 2.75) is 13.8 Å². The summed E-state index contributed by atoms with van der Waals surface area (Å²) in [6.07, 6.45) is 2.59. The van der Waals surface area contributed by atoms with E-state index in [0.29, 0.717) is 11.1 Å². The number of allylic oxidation sites excluding steroid dienone is 1. The van der Waals surface area contributed by atoms with Gasteiger partial charge in [-0.15, -0.1) is 0 Å². The van der Waals surface area contributed by atoms with Gasteiger partial charge in [0.25, 0.3) is 0 Å². The number of ketones is 1. The van der Waals surface area contributed by atoms with Crippen molar-refractivity contribution in [3.8, 4) is 0 Å². The number of hydrogen-bond acceptors (Lipinski definition) is 4. The number of aryl methyl sites for hydroxylation is 1. The molecule has 0 bridgehead atoms. The van der Waals surface area contributed by atoms with Crippen molar-refractivity contribution in [1.82, 2.24) is 4.98 Å². The standard InChI is InChI=1S/C15H15N3O/c1-9-5-13(12(7-16)8-17)14-6-11(10(2)19)3-4-15(14)18-9/h3-8,16H,17H2,1-2H3/b12-8+,16-7?. The van der Waals surface area contributed by atoms with Crippen molar-refractivity contribution in [3.63, 3.8) is 0 Å². The summed E-state index contributed by atoms with van der Waals surface area (Å²) in [6, 6.07) is 7.25. The summed E-state index contributed by atoms with van der Waals surface area (Å²) in [5.41, 5.74) is 9.25. The number of carbonyl (C=O) groups is 1. The summed E-state index contributed by atoms with van der Waals surface area (Å²) in [5.74, 6) is 0.00144. The summed E-state index contributed by atoms with van der Waals surface area (Å²) in [5, 5.41) is 8.25. The van der Waals surface area contributed by atoms with Crippen molar-refractivity contribution in [2.24, 2.45) is 5.73 Å². The van der Waals surface area contributed by atoms with Crippen molar-refractivity contribution < 1.29 is 4.79 Å². The lowest BCUT2D eigenvalue weighted by Crippen LogP contribution is -1.98. The number of carbonyl (C=O) groups excluding carboxylic acids is 1. The second-order valence-corrected chi connectivity index (χ2v) is 4.37. The van der Waals surface area contributed by atoms with Crippen LogP contribution in [0.1, 0.15) is 28.5 Å². The van der Waals surface area contributed by atoms with Gasteiger partial charge in [0.2, 0.25) is 0 Å². The first-order valence-corrected chi connectivity index (χ1v) is 5.92. The lowest BCUT2D eigenvalue weighted by Gasteiger charge is -2.09. The highest BCUT2D eigenvalue weighted by molar-refractivity contribution is 6.14. The first-order valence-electron chi connectivity index (χ1n) is 5.92. The lowest BCUT2D eigenvalue weighted by molar-refractivity contribution is 0.101. The maximum atomic E-state index is 11.5. The van der Waals surface area contributed by atoms with Gasteiger partial charge in [-0.2, -0.15) is 0 Å². The molecule has 19 heavy (non-hydrogen) atoms. The van der Waals surface area contributed by atoms with E-state index < -0.39 is 0 Å². The molecule has 4 nitrogen and oxygen atoms in total. The van der Waals surface area contributed by atoms with Crippen LogP contribution in [0.15, 0.2) is 30.5 Å². The molecule has 0 unspecified atom stereocenters. The molecule has 96 valence electrons. The molecule has 1 aromatic carbocycles. The molecule has 3 N–H and O–H groups in total.